The van der Waals surface area contributed by atoms with Crippen molar-refractivity contribution in [2.24, 2.45) is 0 Å². The van der Waals surface area contributed by atoms with Crippen LogP contribution in [-0.2, 0) is 0 Å². The van der Waals surface area contributed by atoms with Gasteiger partial charge in [-0.05, 0) is 12.0 Å². The van der Waals surface area contributed by atoms with Crippen LogP contribution < -0.4 is 5.73 Å². The van der Waals surface area contributed by atoms with Crippen molar-refractivity contribution >= 4 is 11.5 Å². The maximum atomic E-state index is 5.92. The first-order chi connectivity index (χ1) is 7.52. The van der Waals surface area contributed by atoms with Crippen LogP contribution in [0.3, 0.4) is 0 Å². The van der Waals surface area contributed by atoms with Crippen molar-refractivity contribution in [2.45, 2.75) is 39.5 Å². The maximum Gasteiger partial charge on any atom is 0.206 e. The molecule has 0 atom stereocenters. The standard InChI is InChI=1S/C12H18N4/c1-7(2)10-9-5-6-14-12(13)16(9)11(15-10)8(3)4/h5-8H,1-4H3,(H2,13,14). The van der Waals surface area contributed by atoms with Crippen LogP contribution in [0, 0.1) is 0 Å². The van der Waals surface area contributed by atoms with Crippen molar-refractivity contribution in [3.63, 3.8) is 0 Å². The minimum absolute atomic E-state index is 0.339. The molecule has 2 N–H and O–H groups in total. The van der Waals surface area contributed by atoms with E-state index in [1.165, 1.54) is 0 Å². The Balaban J connectivity index is 2.82. The molecule has 0 aliphatic carbocycles. The van der Waals surface area contributed by atoms with Gasteiger partial charge in [0.05, 0.1) is 11.2 Å². The molecule has 0 aliphatic heterocycles. The summed E-state index contributed by atoms with van der Waals surface area (Å²) in [6, 6.07) is 1.98. The van der Waals surface area contributed by atoms with E-state index >= 15 is 0 Å². The van der Waals surface area contributed by atoms with Crippen LogP contribution in [0.25, 0.3) is 5.52 Å². The fourth-order valence-corrected chi connectivity index (χ4v) is 1.92. The van der Waals surface area contributed by atoms with Crippen molar-refractivity contribution in [3.05, 3.63) is 23.8 Å². The lowest BCUT2D eigenvalue weighted by Gasteiger charge is -2.05. The van der Waals surface area contributed by atoms with Gasteiger partial charge in [-0.25, -0.2) is 9.97 Å². The summed E-state index contributed by atoms with van der Waals surface area (Å²) in [6.07, 6.45) is 1.74. The highest BCUT2D eigenvalue weighted by Gasteiger charge is 2.17. The highest BCUT2D eigenvalue weighted by atomic mass is 15.1. The third-order valence-electron chi connectivity index (χ3n) is 2.70. The van der Waals surface area contributed by atoms with Crippen LogP contribution in [-0.4, -0.2) is 14.4 Å². The van der Waals surface area contributed by atoms with Crippen LogP contribution in [0.2, 0.25) is 0 Å². The smallest absolute Gasteiger partial charge is 0.206 e. The van der Waals surface area contributed by atoms with Gasteiger partial charge < -0.3 is 5.73 Å². The van der Waals surface area contributed by atoms with Gasteiger partial charge in [-0.1, -0.05) is 27.7 Å². The molecule has 2 heterocycles. The number of rotatable bonds is 2. The van der Waals surface area contributed by atoms with Crippen molar-refractivity contribution in [3.8, 4) is 0 Å². The molecule has 0 spiro atoms. The number of hydrogen-bond donors (Lipinski definition) is 1. The molecular weight excluding hydrogens is 200 g/mol. The van der Waals surface area contributed by atoms with Gasteiger partial charge in [0, 0.05) is 12.1 Å². The second-order valence-corrected chi connectivity index (χ2v) is 4.69. The van der Waals surface area contributed by atoms with Crippen LogP contribution in [0.1, 0.15) is 51.0 Å². The third-order valence-corrected chi connectivity index (χ3v) is 2.70. The Morgan fingerprint density at radius 1 is 1.19 bits per heavy atom. The summed E-state index contributed by atoms with van der Waals surface area (Å²) in [5.74, 6) is 2.24. The largest absolute Gasteiger partial charge is 0.369 e. The molecule has 0 amide bonds. The molecule has 0 aromatic carbocycles. The molecule has 0 fully saturated rings. The van der Waals surface area contributed by atoms with E-state index < -0.39 is 0 Å². The highest BCUT2D eigenvalue weighted by molar-refractivity contribution is 5.57. The quantitative estimate of drug-likeness (QED) is 0.842. The molecule has 0 bridgehead atoms. The van der Waals surface area contributed by atoms with E-state index in [1.807, 2.05) is 10.5 Å². The zero-order chi connectivity index (χ0) is 11.9. The summed E-state index contributed by atoms with van der Waals surface area (Å²) >= 11 is 0. The summed E-state index contributed by atoms with van der Waals surface area (Å²) in [4.78, 5) is 8.82. The monoisotopic (exact) mass is 218 g/mol. The molecule has 0 radical (unpaired) electrons. The average Bonchev–Trinajstić information content (AvgIpc) is 2.58. The molecule has 0 saturated carbocycles. The number of nitrogen functional groups attached to an aromatic ring is 1. The molecule has 16 heavy (non-hydrogen) atoms. The van der Waals surface area contributed by atoms with E-state index in [0.29, 0.717) is 17.8 Å². The summed E-state index contributed by atoms with van der Waals surface area (Å²) in [7, 11) is 0. The molecule has 0 saturated heterocycles. The first-order valence-electron chi connectivity index (χ1n) is 5.65. The Hall–Kier alpha value is -1.58. The first kappa shape index (κ1) is 10.9. The Morgan fingerprint density at radius 2 is 1.88 bits per heavy atom. The van der Waals surface area contributed by atoms with Crippen LogP contribution in [0.15, 0.2) is 12.3 Å². The van der Waals surface area contributed by atoms with Crippen molar-refractivity contribution in [2.75, 3.05) is 5.73 Å². The molecular formula is C12H18N4. The lowest BCUT2D eigenvalue weighted by molar-refractivity contribution is 0.754. The SMILES string of the molecule is CC(C)c1nc(C(C)C)n2c(N)nccc12. The number of anilines is 1. The number of aromatic nitrogens is 3. The number of imidazole rings is 1. The molecule has 2 aromatic rings. The highest BCUT2D eigenvalue weighted by Crippen LogP contribution is 2.26. The second-order valence-electron chi connectivity index (χ2n) is 4.69. The minimum atomic E-state index is 0.339. The summed E-state index contributed by atoms with van der Waals surface area (Å²) in [6.45, 7) is 8.52. The van der Waals surface area contributed by atoms with Gasteiger partial charge >= 0.3 is 0 Å². The Bertz CT molecular complexity index is 511. The van der Waals surface area contributed by atoms with Gasteiger partial charge in [0.2, 0.25) is 5.95 Å². The van der Waals surface area contributed by atoms with Crippen LogP contribution in [0.4, 0.5) is 5.95 Å². The van der Waals surface area contributed by atoms with Crippen LogP contribution in [0.5, 0.6) is 0 Å². The lowest BCUT2D eigenvalue weighted by atomic mass is 10.1. The van der Waals surface area contributed by atoms with E-state index in [-0.39, 0.29) is 0 Å². The van der Waals surface area contributed by atoms with Gasteiger partial charge in [-0.2, -0.15) is 0 Å². The van der Waals surface area contributed by atoms with Gasteiger partial charge in [0.1, 0.15) is 5.82 Å². The molecule has 2 aromatic heterocycles. The van der Waals surface area contributed by atoms with Gasteiger partial charge in [-0.3, -0.25) is 4.40 Å². The van der Waals surface area contributed by atoms with E-state index in [2.05, 4.69) is 32.7 Å². The summed E-state index contributed by atoms with van der Waals surface area (Å²) < 4.78 is 1.96. The molecule has 4 heteroatoms. The third kappa shape index (κ3) is 1.54. The average molecular weight is 218 g/mol. The second kappa shape index (κ2) is 3.77. The van der Waals surface area contributed by atoms with E-state index in [1.54, 1.807) is 6.20 Å². The minimum Gasteiger partial charge on any atom is -0.369 e. The summed E-state index contributed by atoms with van der Waals surface area (Å²) in [5.41, 5.74) is 8.09. The van der Waals surface area contributed by atoms with Crippen molar-refractivity contribution in [1.82, 2.24) is 14.4 Å². The number of nitrogens with two attached hydrogens (primary N) is 1. The van der Waals surface area contributed by atoms with Gasteiger partial charge in [-0.15, -0.1) is 0 Å². The fraction of sp³-hybridized carbons (Fsp3) is 0.500. The number of hydrogen-bond acceptors (Lipinski definition) is 3. The summed E-state index contributed by atoms with van der Waals surface area (Å²) in [5, 5.41) is 0. The molecule has 0 unspecified atom stereocenters. The first-order valence-corrected chi connectivity index (χ1v) is 5.65. The molecule has 4 nitrogen and oxygen atoms in total. The molecule has 2 rings (SSSR count). The predicted octanol–water partition coefficient (Wildman–Crippen LogP) is 2.56. The van der Waals surface area contributed by atoms with E-state index in [0.717, 1.165) is 17.0 Å². The normalized spacial score (nSPS) is 11.9. The fourth-order valence-electron chi connectivity index (χ4n) is 1.92. The Kier molecular flexibility index (Phi) is 2.58. The van der Waals surface area contributed by atoms with Gasteiger partial charge in [0.25, 0.3) is 0 Å². The number of fused-ring (bicyclic) bond motifs is 1. The number of nitrogens with zero attached hydrogens (tertiary/aromatic N) is 3. The maximum absolute atomic E-state index is 5.92. The van der Waals surface area contributed by atoms with Gasteiger partial charge in [0.15, 0.2) is 0 Å². The predicted molar refractivity (Wildman–Crippen MR) is 65.6 cm³/mol. The molecule has 86 valence electrons. The Labute approximate surface area is 95.5 Å². The zero-order valence-corrected chi connectivity index (χ0v) is 10.2. The topological polar surface area (TPSA) is 56.2 Å². The van der Waals surface area contributed by atoms with Crippen molar-refractivity contribution in [1.29, 1.82) is 0 Å². The molecule has 0 aliphatic rings. The van der Waals surface area contributed by atoms with Crippen molar-refractivity contribution < 1.29 is 0 Å². The lowest BCUT2D eigenvalue weighted by Crippen LogP contribution is -2.04. The van der Waals surface area contributed by atoms with Crippen LogP contribution >= 0.6 is 0 Å². The van der Waals surface area contributed by atoms with E-state index in [9.17, 15) is 0 Å². The zero-order valence-electron chi connectivity index (χ0n) is 10.2. The Morgan fingerprint density at radius 3 is 2.44 bits per heavy atom. The van der Waals surface area contributed by atoms with E-state index in [4.69, 9.17) is 10.7 Å².